The number of hydrogen-bond donors (Lipinski definition) is 0. The molecule has 1 fully saturated rings. The maximum Gasteiger partial charge on any atom is 0.0779 e. The Kier molecular flexibility index (Phi) is 6.97. The first-order chi connectivity index (χ1) is 7.74. The van der Waals surface area contributed by atoms with Crippen molar-refractivity contribution in [1.82, 2.24) is 4.90 Å². The first kappa shape index (κ1) is 13.9. The van der Waals surface area contributed by atoms with E-state index < -0.39 is 0 Å². The smallest absolute Gasteiger partial charge is 0.0779 e. The van der Waals surface area contributed by atoms with Crippen molar-refractivity contribution in [3.8, 4) is 0 Å². The number of likely N-dealkylation sites (tertiary alicyclic amines) is 1. The summed E-state index contributed by atoms with van der Waals surface area (Å²) in [4.78, 5) is 3.59. The fourth-order valence-corrected chi connectivity index (χ4v) is 2.45. The summed E-state index contributed by atoms with van der Waals surface area (Å²) in [6, 6.07) is 0. The molecule has 1 unspecified atom stereocenters. The highest BCUT2D eigenvalue weighted by molar-refractivity contribution is 7.80. The highest BCUT2D eigenvalue weighted by Gasteiger charge is 2.12. The van der Waals surface area contributed by atoms with E-state index >= 15 is 0 Å². The molecular formula is C13H25NOS. The van der Waals surface area contributed by atoms with Gasteiger partial charge in [0.15, 0.2) is 0 Å². The summed E-state index contributed by atoms with van der Waals surface area (Å²) in [6.07, 6.45) is 9.09. The molecule has 0 aromatic rings. The lowest BCUT2D eigenvalue weighted by molar-refractivity contribution is 0.108. The molecule has 0 radical (unpaired) electrons. The standard InChI is InChI=1S/C13H25NOS/c1-12(15-2)8-4-5-9-13(16)14-10-6-3-7-11-14/h12H,3-11H2,1-2H3. The van der Waals surface area contributed by atoms with Crippen LogP contribution in [-0.4, -0.2) is 36.2 Å². The Morgan fingerprint density at radius 1 is 1.25 bits per heavy atom. The summed E-state index contributed by atoms with van der Waals surface area (Å²) in [5.41, 5.74) is 0. The average Bonchev–Trinajstić information content (AvgIpc) is 2.35. The Morgan fingerprint density at radius 2 is 1.94 bits per heavy atom. The molecule has 1 aliphatic heterocycles. The van der Waals surface area contributed by atoms with Gasteiger partial charge in [-0.15, -0.1) is 0 Å². The number of ether oxygens (including phenoxy) is 1. The highest BCUT2D eigenvalue weighted by atomic mass is 32.1. The Hall–Kier alpha value is -0.150. The van der Waals surface area contributed by atoms with Crippen molar-refractivity contribution in [3.05, 3.63) is 0 Å². The topological polar surface area (TPSA) is 12.5 Å². The predicted octanol–water partition coefficient (Wildman–Crippen LogP) is 3.40. The van der Waals surface area contributed by atoms with E-state index in [1.807, 2.05) is 0 Å². The summed E-state index contributed by atoms with van der Waals surface area (Å²) < 4.78 is 5.23. The molecule has 0 saturated carbocycles. The fourth-order valence-electron chi connectivity index (χ4n) is 2.13. The van der Waals surface area contributed by atoms with E-state index in [2.05, 4.69) is 11.8 Å². The van der Waals surface area contributed by atoms with Crippen LogP contribution in [0.15, 0.2) is 0 Å². The number of nitrogens with zero attached hydrogens (tertiary/aromatic N) is 1. The van der Waals surface area contributed by atoms with Gasteiger partial charge in [-0.25, -0.2) is 0 Å². The molecule has 0 N–H and O–H groups in total. The van der Waals surface area contributed by atoms with Crippen LogP contribution in [0.1, 0.15) is 51.9 Å². The van der Waals surface area contributed by atoms with E-state index in [1.54, 1.807) is 7.11 Å². The first-order valence-electron chi connectivity index (χ1n) is 6.54. The summed E-state index contributed by atoms with van der Waals surface area (Å²) >= 11 is 5.48. The first-order valence-corrected chi connectivity index (χ1v) is 6.95. The van der Waals surface area contributed by atoms with Crippen LogP contribution in [0.25, 0.3) is 0 Å². The summed E-state index contributed by atoms with van der Waals surface area (Å²) in [5, 5.41) is 0. The van der Waals surface area contributed by atoms with Gasteiger partial charge >= 0.3 is 0 Å². The average molecular weight is 243 g/mol. The van der Waals surface area contributed by atoms with E-state index in [0.29, 0.717) is 6.10 Å². The van der Waals surface area contributed by atoms with Crippen LogP contribution in [0.5, 0.6) is 0 Å². The molecule has 3 heteroatoms. The van der Waals surface area contributed by atoms with Crippen LogP contribution in [-0.2, 0) is 4.74 Å². The molecule has 1 heterocycles. The third-order valence-electron chi connectivity index (χ3n) is 3.36. The normalized spacial score (nSPS) is 18.5. The van der Waals surface area contributed by atoms with Gasteiger partial charge in [-0.05, 0) is 45.4 Å². The zero-order valence-corrected chi connectivity index (χ0v) is 11.5. The lowest BCUT2D eigenvalue weighted by atomic mass is 10.1. The summed E-state index contributed by atoms with van der Waals surface area (Å²) in [6.45, 7) is 4.50. The summed E-state index contributed by atoms with van der Waals surface area (Å²) in [5.74, 6) is 0. The molecule has 1 rings (SSSR count). The molecule has 2 nitrogen and oxygen atoms in total. The lowest BCUT2D eigenvalue weighted by Crippen LogP contribution is -2.34. The van der Waals surface area contributed by atoms with Gasteiger partial charge in [0.1, 0.15) is 0 Å². The fraction of sp³-hybridized carbons (Fsp3) is 0.923. The molecule has 1 saturated heterocycles. The Morgan fingerprint density at radius 3 is 2.56 bits per heavy atom. The number of piperidine rings is 1. The van der Waals surface area contributed by atoms with Gasteiger partial charge in [0.05, 0.1) is 11.1 Å². The van der Waals surface area contributed by atoms with Gasteiger partial charge < -0.3 is 9.64 Å². The minimum absolute atomic E-state index is 0.392. The second-order valence-electron chi connectivity index (χ2n) is 4.73. The monoisotopic (exact) mass is 243 g/mol. The molecule has 16 heavy (non-hydrogen) atoms. The van der Waals surface area contributed by atoms with Crippen LogP contribution in [0.4, 0.5) is 0 Å². The Labute approximate surface area is 105 Å². The van der Waals surface area contributed by atoms with Gasteiger partial charge in [0.25, 0.3) is 0 Å². The van der Waals surface area contributed by atoms with Gasteiger partial charge in [0, 0.05) is 20.2 Å². The maximum atomic E-state index is 5.48. The van der Waals surface area contributed by atoms with Crippen LogP contribution < -0.4 is 0 Å². The van der Waals surface area contributed by atoms with E-state index in [9.17, 15) is 0 Å². The van der Waals surface area contributed by atoms with Crippen LogP contribution in [0.2, 0.25) is 0 Å². The van der Waals surface area contributed by atoms with Gasteiger partial charge in [-0.1, -0.05) is 18.6 Å². The highest BCUT2D eigenvalue weighted by Crippen LogP contribution is 2.13. The van der Waals surface area contributed by atoms with Crippen molar-refractivity contribution in [2.45, 2.75) is 58.0 Å². The van der Waals surface area contributed by atoms with Crippen LogP contribution in [0, 0.1) is 0 Å². The second kappa shape index (κ2) is 8.02. The van der Waals surface area contributed by atoms with Crippen molar-refractivity contribution in [1.29, 1.82) is 0 Å². The third-order valence-corrected chi connectivity index (χ3v) is 3.82. The minimum atomic E-state index is 0.392. The largest absolute Gasteiger partial charge is 0.382 e. The van der Waals surface area contributed by atoms with Crippen LogP contribution >= 0.6 is 12.2 Å². The van der Waals surface area contributed by atoms with E-state index in [0.717, 1.165) is 12.8 Å². The number of thiocarbonyl (C=S) groups is 1. The molecule has 0 aliphatic carbocycles. The number of rotatable bonds is 6. The van der Waals surface area contributed by atoms with Crippen molar-refractivity contribution >= 4 is 17.2 Å². The zero-order chi connectivity index (χ0) is 11.8. The predicted molar refractivity (Wildman–Crippen MR) is 73.0 cm³/mol. The van der Waals surface area contributed by atoms with Crippen molar-refractivity contribution in [2.24, 2.45) is 0 Å². The second-order valence-corrected chi connectivity index (χ2v) is 5.20. The number of hydrogen-bond acceptors (Lipinski definition) is 2. The molecule has 1 atom stereocenters. The molecule has 0 aromatic heterocycles. The van der Waals surface area contributed by atoms with Crippen molar-refractivity contribution < 1.29 is 4.74 Å². The molecule has 0 aromatic carbocycles. The summed E-state index contributed by atoms with van der Waals surface area (Å²) in [7, 11) is 1.78. The van der Waals surface area contributed by atoms with Crippen molar-refractivity contribution in [2.75, 3.05) is 20.2 Å². The van der Waals surface area contributed by atoms with Gasteiger partial charge in [-0.2, -0.15) is 0 Å². The number of methoxy groups -OCH3 is 1. The van der Waals surface area contributed by atoms with E-state index in [1.165, 1.54) is 50.2 Å². The van der Waals surface area contributed by atoms with Crippen LogP contribution in [0.3, 0.4) is 0 Å². The quantitative estimate of drug-likeness (QED) is 0.524. The minimum Gasteiger partial charge on any atom is -0.382 e. The molecule has 1 aliphatic rings. The SMILES string of the molecule is COC(C)CCCCC(=S)N1CCCCC1. The zero-order valence-electron chi connectivity index (χ0n) is 10.7. The Bertz CT molecular complexity index is 202. The number of unbranched alkanes of at least 4 members (excludes halogenated alkanes) is 1. The molecule has 94 valence electrons. The van der Waals surface area contributed by atoms with Gasteiger partial charge in [0.2, 0.25) is 0 Å². The molecule has 0 bridgehead atoms. The Balaban J connectivity index is 2.05. The lowest BCUT2D eigenvalue weighted by Gasteiger charge is -2.29. The van der Waals surface area contributed by atoms with Gasteiger partial charge in [-0.3, -0.25) is 0 Å². The van der Waals surface area contributed by atoms with Crippen molar-refractivity contribution in [3.63, 3.8) is 0 Å². The maximum absolute atomic E-state index is 5.48. The molecule has 0 spiro atoms. The van der Waals surface area contributed by atoms with E-state index in [-0.39, 0.29) is 0 Å². The third kappa shape index (κ3) is 5.26. The molecular weight excluding hydrogens is 218 g/mol. The molecule has 0 amide bonds. The van der Waals surface area contributed by atoms with E-state index in [4.69, 9.17) is 17.0 Å².